The molecule has 0 amide bonds. The van der Waals surface area contributed by atoms with Crippen LogP contribution < -0.4 is 0 Å². The average Bonchev–Trinajstić information content (AvgIpc) is 2.27. The molecule has 0 fully saturated rings. The molecule has 0 aliphatic carbocycles. The van der Waals surface area contributed by atoms with E-state index in [1.54, 1.807) is 6.92 Å². The van der Waals surface area contributed by atoms with E-state index in [9.17, 15) is 4.79 Å². The van der Waals surface area contributed by atoms with Crippen LogP contribution in [0.5, 0.6) is 0 Å². The van der Waals surface area contributed by atoms with Gasteiger partial charge in [-0.25, -0.2) is 4.79 Å². The van der Waals surface area contributed by atoms with E-state index < -0.39 is 8.32 Å². The number of carbonyl (C=O) groups excluding carboxylic acids is 1. The summed E-state index contributed by atoms with van der Waals surface area (Å²) in [5.74, 6) is -0.368. The van der Waals surface area contributed by atoms with Gasteiger partial charge in [0, 0.05) is 12.2 Å². The first kappa shape index (κ1) is 17.3. The second-order valence-electron chi connectivity index (χ2n) is 4.72. The third-order valence-electron chi connectivity index (χ3n) is 2.65. The van der Waals surface area contributed by atoms with E-state index in [2.05, 4.69) is 26.6 Å². The van der Waals surface area contributed by atoms with Gasteiger partial charge in [0.25, 0.3) is 0 Å². The second kappa shape index (κ2) is 8.45. The van der Waals surface area contributed by atoms with Crippen LogP contribution in [0.2, 0.25) is 13.1 Å². The van der Waals surface area contributed by atoms with Crippen molar-refractivity contribution in [2.75, 3.05) is 19.8 Å². The van der Waals surface area contributed by atoms with Crippen LogP contribution in [0, 0.1) is 0 Å². The number of ether oxygens (including phenoxy) is 2. The van der Waals surface area contributed by atoms with Crippen molar-refractivity contribution in [1.82, 2.24) is 0 Å². The lowest BCUT2D eigenvalue weighted by molar-refractivity contribution is -0.140. The van der Waals surface area contributed by atoms with E-state index in [0.29, 0.717) is 18.8 Å². The zero-order valence-electron chi connectivity index (χ0n) is 12.2. The van der Waals surface area contributed by atoms with Gasteiger partial charge in [-0.1, -0.05) is 13.5 Å². The Bertz CT molecular complexity index is 276. The van der Waals surface area contributed by atoms with E-state index in [1.807, 2.05) is 6.92 Å². The molecule has 106 valence electrons. The molecule has 0 aromatic rings. The van der Waals surface area contributed by atoms with Gasteiger partial charge < -0.3 is 13.9 Å². The molecular formula is C13H26O4Si. The molecule has 1 atom stereocenters. The molecule has 4 nitrogen and oxygen atoms in total. The lowest BCUT2D eigenvalue weighted by Gasteiger charge is -2.31. The SMILES string of the molecule is C=C(C)C(=O)OCCOC(CC)[Si](C)(C)OCC. The molecular weight excluding hydrogens is 248 g/mol. The zero-order chi connectivity index (χ0) is 14.2. The fourth-order valence-corrected chi connectivity index (χ4v) is 4.16. The Balaban J connectivity index is 4.02. The van der Waals surface area contributed by atoms with Gasteiger partial charge in [0.1, 0.15) is 6.61 Å². The van der Waals surface area contributed by atoms with E-state index in [4.69, 9.17) is 13.9 Å². The van der Waals surface area contributed by atoms with Gasteiger partial charge in [0.15, 0.2) is 0 Å². The van der Waals surface area contributed by atoms with Crippen molar-refractivity contribution in [3.05, 3.63) is 12.2 Å². The van der Waals surface area contributed by atoms with Crippen LogP contribution in [0.4, 0.5) is 0 Å². The molecule has 0 rings (SSSR count). The normalized spacial score (nSPS) is 13.2. The van der Waals surface area contributed by atoms with Crippen LogP contribution in [-0.4, -0.2) is 39.8 Å². The third-order valence-corrected chi connectivity index (χ3v) is 5.80. The number of rotatable bonds is 9. The fraction of sp³-hybridized carbons (Fsp3) is 0.769. The monoisotopic (exact) mass is 274 g/mol. The Hall–Kier alpha value is -0.653. The van der Waals surface area contributed by atoms with Crippen LogP contribution in [-0.2, 0) is 18.7 Å². The molecule has 5 heteroatoms. The van der Waals surface area contributed by atoms with Crippen molar-refractivity contribution in [2.24, 2.45) is 0 Å². The maximum Gasteiger partial charge on any atom is 0.333 e. The quantitative estimate of drug-likeness (QED) is 0.281. The van der Waals surface area contributed by atoms with Gasteiger partial charge in [-0.3, -0.25) is 0 Å². The topological polar surface area (TPSA) is 44.8 Å². The van der Waals surface area contributed by atoms with Crippen LogP contribution in [0.3, 0.4) is 0 Å². The first-order valence-corrected chi connectivity index (χ1v) is 9.41. The maximum absolute atomic E-state index is 11.2. The Morgan fingerprint density at radius 1 is 1.28 bits per heavy atom. The highest BCUT2D eigenvalue weighted by Gasteiger charge is 2.33. The molecule has 0 bridgehead atoms. The van der Waals surface area contributed by atoms with Crippen molar-refractivity contribution < 1.29 is 18.7 Å². The van der Waals surface area contributed by atoms with Crippen LogP contribution >= 0.6 is 0 Å². The summed E-state index contributed by atoms with van der Waals surface area (Å²) < 4.78 is 16.5. The van der Waals surface area contributed by atoms with Gasteiger partial charge in [0.2, 0.25) is 8.32 Å². The minimum Gasteiger partial charge on any atom is -0.460 e. The van der Waals surface area contributed by atoms with Crippen molar-refractivity contribution in [1.29, 1.82) is 0 Å². The van der Waals surface area contributed by atoms with E-state index in [0.717, 1.165) is 6.42 Å². The highest BCUT2D eigenvalue weighted by atomic mass is 28.4. The summed E-state index contributed by atoms with van der Waals surface area (Å²) in [5.41, 5.74) is 0.534. The van der Waals surface area contributed by atoms with Crippen molar-refractivity contribution in [3.63, 3.8) is 0 Å². The fourth-order valence-electron chi connectivity index (χ4n) is 1.72. The highest BCUT2D eigenvalue weighted by molar-refractivity contribution is 6.72. The zero-order valence-corrected chi connectivity index (χ0v) is 13.2. The van der Waals surface area contributed by atoms with Gasteiger partial charge in [-0.05, 0) is 33.4 Å². The molecule has 1 unspecified atom stereocenters. The lowest BCUT2D eigenvalue weighted by Crippen LogP contribution is -2.46. The molecule has 18 heavy (non-hydrogen) atoms. The number of esters is 1. The van der Waals surface area contributed by atoms with Gasteiger partial charge in [-0.15, -0.1) is 0 Å². The minimum absolute atomic E-state index is 0.126. The summed E-state index contributed by atoms with van der Waals surface area (Å²) in [6.07, 6.45) is 0.910. The molecule has 0 aromatic heterocycles. The third kappa shape index (κ3) is 6.33. The predicted octanol–water partition coefficient (Wildman–Crippen LogP) is 2.68. The Labute approximate surface area is 111 Å². The number of carbonyl (C=O) groups is 1. The molecule has 0 heterocycles. The van der Waals surface area contributed by atoms with Gasteiger partial charge in [-0.2, -0.15) is 0 Å². The molecule has 0 aliphatic rings. The summed E-state index contributed by atoms with van der Waals surface area (Å²) in [4.78, 5) is 11.2. The van der Waals surface area contributed by atoms with Gasteiger partial charge >= 0.3 is 5.97 Å². The molecule has 0 N–H and O–H groups in total. The molecule has 0 saturated heterocycles. The predicted molar refractivity (Wildman–Crippen MR) is 74.9 cm³/mol. The average molecular weight is 274 g/mol. The van der Waals surface area contributed by atoms with Crippen LogP contribution in [0.25, 0.3) is 0 Å². The standard InChI is InChI=1S/C13H26O4Si/c1-7-12(18(5,6)17-8-2)15-9-10-16-13(14)11(3)4/h12H,3,7-10H2,1-2,4-6H3. The van der Waals surface area contributed by atoms with Crippen molar-refractivity contribution in [3.8, 4) is 0 Å². The number of hydrogen-bond donors (Lipinski definition) is 0. The Morgan fingerprint density at radius 2 is 1.89 bits per heavy atom. The summed E-state index contributed by atoms with van der Waals surface area (Å²) in [5, 5.41) is 0. The molecule has 0 radical (unpaired) electrons. The van der Waals surface area contributed by atoms with Crippen LogP contribution in [0.15, 0.2) is 12.2 Å². The second-order valence-corrected chi connectivity index (χ2v) is 8.86. The highest BCUT2D eigenvalue weighted by Crippen LogP contribution is 2.16. The van der Waals surface area contributed by atoms with Crippen molar-refractivity contribution in [2.45, 2.75) is 46.0 Å². The first-order chi connectivity index (χ1) is 8.35. The molecule has 0 aromatic carbocycles. The summed E-state index contributed by atoms with van der Waals surface area (Å²) in [6.45, 7) is 14.9. The lowest BCUT2D eigenvalue weighted by atomic mass is 10.4. The van der Waals surface area contributed by atoms with Crippen molar-refractivity contribution >= 4 is 14.3 Å². The maximum atomic E-state index is 11.2. The van der Waals surface area contributed by atoms with E-state index in [-0.39, 0.29) is 18.3 Å². The van der Waals surface area contributed by atoms with E-state index >= 15 is 0 Å². The summed E-state index contributed by atoms with van der Waals surface area (Å²) >= 11 is 0. The minimum atomic E-state index is -1.81. The summed E-state index contributed by atoms with van der Waals surface area (Å²) in [7, 11) is -1.81. The van der Waals surface area contributed by atoms with Crippen LogP contribution in [0.1, 0.15) is 27.2 Å². The first-order valence-electron chi connectivity index (χ1n) is 6.43. The molecule has 0 aliphatic heterocycles. The molecule has 0 spiro atoms. The Morgan fingerprint density at radius 3 is 2.33 bits per heavy atom. The Kier molecular flexibility index (Phi) is 8.14. The largest absolute Gasteiger partial charge is 0.460 e. The van der Waals surface area contributed by atoms with Gasteiger partial charge in [0.05, 0.1) is 12.3 Å². The van der Waals surface area contributed by atoms with E-state index in [1.165, 1.54) is 0 Å². The summed E-state index contributed by atoms with van der Waals surface area (Å²) in [6, 6.07) is 0. The number of hydrogen-bond acceptors (Lipinski definition) is 4. The molecule has 0 saturated carbocycles. The smallest absolute Gasteiger partial charge is 0.333 e.